The predicted octanol–water partition coefficient (Wildman–Crippen LogP) is 0.766. The van der Waals surface area contributed by atoms with Gasteiger partial charge in [0.15, 0.2) is 0 Å². The highest BCUT2D eigenvalue weighted by Gasteiger charge is 2.27. The molecule has 0 aliphatic carbocycles. The number of alkyl halides is 3. The van der Waals surface area contributed by atoms with Gasteiger partial charge in [0.1, 0.15) is 6.04 Å². The Balaban J connectivity index is 0.00000256. The minimum absolute atomic E-state index is 0. The van der Waals surface area contributed by atoms with Gasteiger partial charge in [-0.3, -0.25) is 4.79 Å². The van der Waals surface area contributed by atoms with Crippen molar-refractivity contribution in [3.8, 4) is 0 Å². The van der Waals surface area contributed by atoms with Crippen LogP contribution >= 0.6 is 24.2 Å². The van der Waals surface area contributed by atoms with Crippen LogP contribution in [0.1, 0.15) is 0 Å². The first-order valence-electron chi connectivity index (χ1n) is 4.78. The number of carbonyl (C=O) groups excluding carboxylic acids is 1. The van der Waals surface area contributed by atoms with Crippen LogP contribution in [0.15, 0.2) is 0 Å². The Hall–Kier alpha value is -0.180. The van der Waals surface area contributed by atoms with Crippen molar-refractivity contribution < 1.29 is 22.7 Å². The first kappa shape index (κ1) is 16.8. The fourth-order valence-electron chi connectivity index (χ4n) is 1.20. The van der Waals surface area contributed by atoms with E-state index in [9.17, 15) is 18.0 Å². The smallest absolute Gasteiger partial charge is 0.378 e. The molecule has 0 spiro atoms. The lowest BCUT2D eigenvalue weighted by Crippen LogP contribution is -2.51. The van der Waals surface area contributed by atoms with E-state index in [1.165, 1.54) is 0 Å². The topological polar surface area (TPSA) is 50.4 Å². The number of hydrogen-bond acceptors (Lipinski definition) is 4. The average molecular weight is 295 g/mol. The van der Waals surface area contributed by atoms with Crippen LogP contribution in [0.25, 0.3) is 0 Å². The van der Waals surface area contributed by atoms with Gasteiger partial charge >= 0.3 is 5.51 Å². The Bertz CT molecular complexity index is 237. The zero-order chi connectivity index (χ0) is 12.0. The molecule has 1 aliphatic heterocycles. The van der Waals surface area contributed by atoms with Crippen LogP contribution in [0.5, 0.6) is 0 Å². The van der Waals surface area contributed by atoms with Gasteiger partial charge in [0, 0.05) is 18.8 Å². The molecule has 2 N–H and O–H groups in total. The van der Waals surface area contributed by atoms with E-state index in [0.29, 0.717) is 13.2 Å². The predicted molar refractivity (Wildman–Crippen MR) is 61.4 cm³/mol. The van der Waals surface area contributed by atoms with Crippen molar-refractivity contribution in [3.05, 3.63) is 0 Å². The average Bonchev–Trinajstić information content (AvgIpc) is 2.24. The lowest BCUT2D eigenvalue weighted by molar-refractivity contribution is -0.125. The highest BCUT2D eigenvalue weighted by molar-refractivity contribution is 8.00. The zero-order valence-electron chi connectivity index (χ0n) is 8.88. The molecular formula is C8H14ClF3N2O2S. The summed E-state index contributed by atoms with van der Waals surface area (Å²) < 4.78 is 40.3. The molecule has 1 unspecified atom stereocenters. The molecule has 9 heteroatoms. The summed E-state index contributed by atoms with van der Waals surface area (Å²) in [4.78, 5) is 11.4. The Kier molecular flexibility index (Phi) is 7.93. The molecule has 1 aliphatic rings. The van der Waals surface area contributed by atoms with Crippen LogP contribution in [0.2, 0.25) is 0 Å². The number of thioether (sulfide) groups is 1. The molecule has 1 amide bonds. The van der Waals surface area contributed by atoms with Crippen LogP contribution in [-0.4, -0.2) is 49.5 Å². The molecule has 0 radical (unpaired) electrons. The molecule has 1 fully saturated rings. The SMILES string of the molecule is Cl.O=C(NCCSC(F)(F)F)C1COCCN1. The highest BCUT2D eigenvalue weighted by atomic mass is 35.5. The number of morpholine rings is 1. The number of ether oxygens (including phenoxy) is 1. The molecule has 17 heavy (non-hydrogen) atoms. The summed E-state index contributed by atoms with van der Waals surface area (Å²) >= 11 is -0.144. The maximum atomic E-state index is 11.8. The normalized spacial score (nSPS) is 20.5. The summed E-state index contributed by atoms with van der Waals surface area (Å²) in [6, 6.07) is -0.454. The maximum absolute atomic E-state index is 11.8. The number of halogens is 4. The molecule has 1 atom stereocenters. The van der Waals surface area contributed by atoms with Crippen molar-refractivity contribution in [2.45, 2.75) is 11.6 Å². The lowest BCUT2D eigenvalue weighted by Gasteiger charge is -2.22. The van der Waals surface area contributed by atoms with Gasteiger partial charge in [0.05, 0.1) is 13.2 Å². The fraction of sp³-hybridized carbons (Fsp3) is 0.875. The second-order valence-electron chi connectivity index (χ2n) is 3.17. The molecule has 0 aromatic carbocycles. The van der Waals surface area contributed by atoms with Crippen molar-refractivity contribution in [3.63, 3.8) is 0 Å². The highest BCUT2D eigenvalue weighted by Crippen LogP contribution is 2.29. The Morgan fingerprint density at radius 1 is 1.53 bits per heavy atom. The third-order valence-corrected chi connectivity index (χ3v) is 2.64. The summed E-state index contributed by atoms with van der Waals surface area (Å²) in [7, 11) is 0. The molecule has 1 saturated heterocycles. The molecule has 0 bridgehead atoms. The van der Waals surface area contributed by atoms with Crippen LogP contribution in [0.4, 0.5) is 13.2 Å². The largest absolute Gasteiger partial charge is 0.441 e. The Labute approximate surface area is 107 Å². The molecule has 102 valence electrons. The van der Waals surface area contributed by atoms with Crippen molar-refractivity contribution in [2.75, 3.05) is 32.1 Å². The van der Waals surface area contributed by atoms with Crippen LogP contribution in [-0.2, 0) is 9.53 Å². The number of carbonyl (C=O) groups is 1. The van der Waals surface area contributed by atoms with Gasteiger partial charge < -0.3 is 15.4 Å². The number of rotatable bonds is 4. The Morgan fingerprint density at radius 2 is 2.24 bits per heavy atom. The van der Waals surface area contributed by atoms with E-state index in [0.717, 1.165) is 0 Å². The second kappa shape index (κ2) is 8.02. The van der Waals surface area contributed by atoms with Gasteiger partial charge in [-0.2, -0.15) is 13.2 Å². The van der Waals surface area contributed by atoms with E-state index < -0.39 is 11.6 Å². The van der Waals surface area contributed by atoms with Crippen molar-refractivity contribution in [2.24, 2.45) is 0 Å². The van der Waals surface area contributed by atoms with Gasteiger partial charge in [-0.15, -0.1) is 12.4 Å². The summed E-state index contributed by atoms with van der Waals surface area (Å²) in [6.07, 6.45) is 0. The van der Waals surface area contributed by atoms with E-state index in [1.54, 1.807) is 0 Å². The van der Waals surface area contributed by atoms with E-state index in [1.807, 2.05) is 0 Å². The quantitative estimate of drug-likeness (QED) is 0.752. The minimum Gasteiger partial charge on any atom is -0.378 e. The summed E-state index contributed by atoms with van der Waals surface area (Å²) in [5.74, 6) is -0.495. The molecular weight excluding hydrogens is 281 g/mol. The van der Waals surface area contributed by atoms with Crippen LogP contribution in [0.3, 0.4) is 0 Å². The standard InChI is InChI=1S/C8H13F3N2O2S.ClH/c9-8(10,11)16-4-2-13-7(14)6-5-15-3-1-12-6;/h6,12H,1-5H2,(H,13,14);1H. The van der Waals surface area contributed by atoms with Crippen molar-refractivity contribution in [1.29, 1.82) is 0 Å². The third kappa shape index (κ3) is 7.69. The van der Waals surface area contributed by atoms with E-state index in [-0.39, 0.29) is 49.0 Å². The molecule has 1 heterocycles. The van der Waals surface area contributed by atoms with Gasteiger partial charge in [0.25, 0.3) is 0 Å². The van der Waals surface area contributed by atoms with E-state index in [2.05, 4.69) is 10.6 Å². The summed E-state index contributed by atoms with van der Waals surface area (Å²) in [6.45, 7) is 1.39. The number of nitrogens with one attached hydrogen (secondary N) is 2. The van der Waals surface area contributed by atoms with Crippen molar-refractivity contribution >= 4 is 30.1 Å². The number of hydrogen-bond donors (Lipinski definition) is 2. The first-order valence-corrected chi connectivity index (χ1v) is 5.77. The lowest BCUT2D eigenvalue weighted by atomic mass is 10.2. The fourth-order valence-corrected chi connectivity index (χ4v) is 1.63. The molecule has 0 aromatic heterocycles. The summed E-state index contributed by atoms with van der Waals surface area (Å²) in [5, 5.41) is 5.33. The molecule has 4 nitrogen and oxygen atoms in total. The van der Waals surface area contributed by atoms with Crippen molar-refractivity contribution in [1.82, 2.24) is 10.6 Å². The minimum atomic E-state index is -4.24. The van der Waals surface area contributed by atoms with Crippen LogP contribution in [0, 0.1) is 0 Å². The first-order chi connectivity index (χ1) is 7.49. The van der Waals surface area contributed by atoms with Crippen LogP contribution < -0.4 is 10.6 Å². The van der Waals surface area contributed by atoms with Gasteiger partial charge in [0.2, 0.25) is 5.91 Å². The third-order valence-electron chi connectivity index (χ3n) is 1.91. The zero-order valence-corrected chi connectivity index (χ0v) is 10.5. The molecule has 0 aromatic rings. The van der Waals surface area contributed by atoms with Gasteiger partial charge in [-0.05, 0) is 11.8 Å². The monoisotopic (exact) mass is 294 g/mol. The van der Waals surface area contributed by atoms with E-state index >= 15 is 0 Å². The number of amides is 1. The van der Waals surface area contributed by atoms with Gasteiger partial charge in [-0.25, -0.2) is 0 Å². The Morgan fingerprint density at radius 3 is 2.76 bits per heavy atom. The molecule has 1 rings (SSSR count). The summed E-state index contributed by atoms with van der Waals surface area (Å²) in [5.41, 5.74) is -4.24. The van der Waals surface area contributed by atoms with E-state index in [4.69, 9.17) is 4.74 Å². The van der Waals surface area contributed by atoms with Gasteiger partial charge in [-0.1, -0.05) is 0 Å². The second-order valence-corrected chi connectivity index (χ2v) is 4.33. The molecule has 0 saturated carbocycles. The maximum Gasteiger partial charge on any atom is 0.441 e.